The predicted molar refractivity (Wildman–Crippen MR) is 99.7 cm³/mol. The fourth-order valence-electron chi connectivity index (χ4n) is 3.10. The number of carbonyl (C=O) groups excluding carboxylic acids is 1. The summed E-state index contributed by atoms with van der Waals surface area (Å²) in [6, 6.07) is 6.68. The molecule has 1 saturated carbocycles. The van der Waals surface area contributed by atoms with Crippen molar-refractivity contribution in [1.82, 2.24) is 4.90 Å². The van der Waals surface area contributed by atoms with Crippen molar-refractivity contribution in [1.29, 1.82) is 0 Å². The highest BCUT2D eigenvalue weighted by Gasteiger charge is 2.32. The Kier molecular flexibility index (Phi) is 6.67. The summed E-state index contributed by atoms with van der Waals surface area (Å²) >= 11 is 0. The van der Waals surface area contributed by atoms with Gasteiger partial charge in [-0.2, -0.15) is 0 Å². The SMILES string of the molecule is CC(C)c1cccc(C(C)C)c1NC(=O)N(CCCCO)C1CC1. The van der Waals surface area contributed by atoms with Crippen molar-refractivity contribution < 1.29 is 9.90 Å². The minimum atomic E-state index is 0.00504. The van der Waals surface area contributed by atoms with Gasteiger partial charge in [0, 0.05) is 24.9 Å². The van der Waals surface area contributed by atoms with Gasteiger partial charge < -0.3 is 15.3 Å². The summed E-state index contributed by atoms with van der Waals surface area (Å²) in [5.74, 6) is 0.727. The van der Waals surface area contributed by atoms with Crippen molar-refractivity contribution in [3.8, 4) is 0 Å². The molecule has 1 aliphatic rings. The van der Waals surface area contributed by atoms with E-state index < -0.39 is 0 Å². The monoisotopic (exact) mass is 332 g/mol. The number of unbranched alkanes of at least 4 members (excludes halogenated alkanes) is 1. The normalized spacial score (nSPS) is 14.3. The van der Waals surface area contributed by atoms with E-state index in [1.54, 1.807) is 0 Å². The summed E-state index contributed by atoms with van der Waals surface area (Å²) in [5, 5.41) is 12.2. The van der Waals surface area contributed by atoms with Gasteiger partial charge in [-0.1, -0.05) is 45.9 Å². The first kappa shape index (κ1) is 18.8. The van der Waals surface area contributed by atoms with E-state index in [9.17, 15) is 4.79 Å². The molecule has 2 rings (SSSR count). The van der Waals surface area contributed by atoms with Crippen molar-refractivity contribution >= 4 is 11.7 Å². The molecule has 0 saturated heterocycles. The van der Waals surface area contributed by atoms with Crippen LogP contribution in [0.5, 0.6) is 0 Å². The lowest BCUT2D eigenvalue weighted by Crippen LogP contribution is -2.38. The Morgan fingerprint density at radius 2 is 1.75 bits per heavy atom. The molecule has 0 spiro atoms. The van der Waals surface area contributed by atoms with Crippen LogP contribution >= 0.6 is 0 Å². The molecule has 1 aromatic carbocycles. The molecule has 0 bridgehead atoms. The standard InChI is InChI=1S/C20H32N2O2/c1-14(2)17-8-7-9-18(15(3)4)19(17)21-20(24)22(16-10-11-16)12-5-6-13-23/h7-9,14-16,23H,5-6,10-13H2,1-4H3,(H,21,24). The van der Waals surface area contributed by atoms with Gasteiger partial charge in [0.05, 0.1) is 0 Å². The summed E-state index contributed by atoms with van der Waals surface area (Å²) in [7, 11) is 0. The van der Waals surface area contributed by atoms with Crippen LogP contribution in [-0.4, -0.2) is 35.2 Å². The number of nitrogens with zero attached hydrogens (tertiary/aromatic N) is 1. The number of nitrogens with one attached hydrogen (secondary N) is 1. The largest absolute Gasteiger partial charge is 0.396 e. The maximum atomic E-state index is 12.9. The molecule has 0 unspecified atom stereocenters. The Balaban J connectivity index is 2.19. The van der Waals surface area contributed by atoms with E-state index in [1.165, 1.54) is 11.1 Å². The lowest BCUT2D eigenvalue weighted by Gasteiger charge is -2.26. The van der Waals surface area contributed by atoms with Crippen molar-refractivity contribution in [2.24, 2.45) is 0 Å². The second-order valence-electron chi connectivity index (χ2n) is 7.41. The lowest BCUT2D eigenvalue weighted by molar-refractivity contribution is 0.204. The zero-order chi connectivity index (χ0) is 17.7. The summed E-state index contributed by atoms with van der Waals surface area (Å²) in [5.41, 5.74) is 3.38. The van der Waals surface area contributed by atoms with Crippen molar-refractivity contribution in [3.63, 3.8) is 0 Å². The van der Waals surface area contributed by atoms with Crippen molar-refractivity contribution in [2.75, 3.05) is 18.5 Å². The smallest absolute Gasteiger partial charge is 0.322 e. The first-order valence-electron chi connectivity index (χ1n) is 9.27. The van der Waals surface area contributed by atoms with E-state index in [4.69, 9.17) is 5.11 Å². The average Bonchev–Trinajstić information content (AvgIpc) is 3.35. The van der Waals surface area contributed by atoms with E-state index in [-0.39, 0.29) is 12.6 Å². The lowest BCUT2D eigenvalue weighted by atomic mass is 9.93. The molecule has 0 heterocycles. The van der Waals surface area contributed by atoms with E-state index in [2.05, 4.69) is 51.2 Å². The Morgan fingerprint density at radius 1 is 1.17 bits per heavy atom. The maximum Gasteiger partial charge on any atom is 0.322 e. The molecule has 0 atom stereocenters. The molecule has 4 heteroatoms. The molecule has 1 fully saturated rings. The molecule has 0 radical (unpaired) electrons. The molecule has 0 aliphatic heterocycles. The molecular weight excluding hydrogens is 300 g/mol. The van der Waals surface area contributed by atoms with Gasteiger partial charge in [0.15, 0.2) is 0 Å². The van der Waals surface area contributed by atoms with Gasteiger partial charge in [0.25, 0.3) is 0 Å². The fourth-order valence-corrected chi connectivity index (χ4v) is 3.10. The van der Waals surface area contributed by atoms with Crippen LogP contribution in [0.4, 0.5) is 10.5 Å². The summed E-state index contributed by atoms with van der Waals surface area (Å²) in [4.78, 5) is 14.8. The molecule has 4 nitrogen and oxygen atoms in total. The molecule has 0 aromatic heterocycles. The number of hydrogen-bond donors (Lipinski definition) is 2. The van der Waals surface area contributed by atoms with Gasteiger partial charge in [-0.3, -0.25) is 0 Å². The van der Waals surface area contributed by atoms with Crippen LogP contribution in [-0.2, 0) is 0 Å². The van der Waals surface area contributed by atoms with E-state index in [1.807, 2.05) is 4.90 Å². The minimum Gasteiger partial charge on any atom is -0.396 e. The molecule has 1 aromatic rings. The number of hydrogen-bond acceptors (Lipinski definition) is 2. The Morgan fingerprint density at radius 3 is 2.21 bits per heavy atom. The van der Waals surface area contributed by atoms with Gasteiger partial charge >= 0.3 is 6.03 Å². The average molecular weight is 332 g/mol. The van der Waals surface area contributed by atoms with Crippen LogP contribution in [0.3, 0.4) is 0 Å². The summed E-state index contributed by atoms with van der Waals surface area (Å²) in [6.45, 7) is 9.56. The van der Waals surface area contributed by atoms with Crippen LogP contribution in [0.1, 0.15) is 76.3 Å². The van der Waals surface area contributed by atoms with Crippen LogP contribution in [0.25, 0.3) is 0 Å². The number of anilines is 1. The first-order chi connectivity index (χ1) is 11.5. The van der Waals surface area contributed by atoms with Crippen molar-refractivity contribution in [3.05, 3.63) is 29.3 Å². The van der Waals surface area contributed by atoms with E-state index in [0.29, 0.717) is 17.9 Å². The number of amides is 2. The van der Waals surface area contributed by atoms with Gasteiger partial charge in [-0.05, 0) is 48.6 Å². The number of para-hydroxylation sites is 1. The molecule has 1 aliphatic carbocycles. The zero-order valence-corrected chi connectivity index (χ0v) is 15.5. The van der Waals surface area contributed by atoms with Crippen LogP contribution in [0.15, 0.2) is 18.2 Å². The third kappa shape index (κ3) is 4.73. The third-order valence-corrected chi connectivity index (χ3v) is 4.66. The van der Waals surface area contributed by atoms with Crippen LogP contribution in [0, 0.1) is 0 Å². The highest BCUT2D eigenvalue weighted by molar-refractivity contribution is 5.91. The van der Waals surface area contributed by atoms with Gasteiger partial charge in [0.2, 0.25) is 0 Å². The quantitative estimate of drug-likeness (QED) is 0.678. The maximum absolute atomic E-state index is 12.9. The van der Waals surface area contributed by atoms with Crippen LogP contribution in [0.2, 0.25) is 0 Å². The Hall–Kier alpha value is -1.55. The first-order valence-corrected chi connectivity index (χ1v) is 9.27. The number of rotatable bonds is 8. The van der Waals surface area contributed by atoms with Gasteiger partial charge in [0.1, 0.15) is 0 Å². The summed E-state index contributed by atoms with van der Waals surface area (Å²) < 4.78 is 0. The highest BCUT2D eigenvalue weighted by Crippen LogP contribution is 2.34. The number of aliphatic hydroxyl groups excluding tert-OH is 1. The molecule has 2 amide bonds. The predicted octanol–water partition coefficient (Wildman–Crippen LogP) is 4.70. The second-order valence-corrected chi connectivity index (χ2v) is 7.41. The van der Waals surface area contributed by atoms with Crippen molar-refractivity contribution in [2.45, 2.75) is 71.3 Å². The van der Waals surface area contributed by atoms with Gasteiger partial charge in [-0.25, -0.2) is 4.79 Å². The zero-order valence-electron chi connectivity index (χ0n) is 15.5. The molecule has 24 heavy (non-hydrogen) atoms. The third-order valence-electron chi connectivity index (χ3n) is 4.66. The Labute approximate surface area is 146 Å². The number of aliphatic hydroxyl groups is 1. The molecule has 134 valence electrons. The van der Waals surface area contributed by atoms with Gasteiger partial charge in [-0.15, -0.1) is 0 Å². The Bertz CT molecular complexity index is 524. The molecular formula is C20H32N2O2. The topological polar surface area (TPSA) is 52.6 Å². The minimum absolute atomic E-state index is 0.00504. The number of urea groups is 1. The van der Waals surface area contributed by atoms with E-state index >= 15 is 0 Å². The molecule has 2 N–H and O–H groups in total. The number of carbonyl (C=O) groups is 1. The fraction of sp³-hybridized carbons (Fsp3) is 0.650. The summed E-state index contributed by atoms with van der Waals surface area (Å²) in [6.07, 6.45) is 3.78. The van der Waals surface area contributed by atoms with E-state index in [0.717, 1.165) is 37.9 Å². The van der Waals surface area contributed by atoms with Crippen LogP contribution < -0.4 is 5.32 Å². The second kappa shape index (κ2) is 8.52. The number of benzene rings is 1. The highest BCUT2D eigenvalue weighted by atomic mass is 16.3.